The van der Waals surface area contributed by atoms with Crippen molar-refractivity contribution in [3.05, 3.63) is 18.2 Å². The van der Waals surface area contributed by atoms with Crippen LogP contribution in [0.25, 0.3) is 0 Å². The minimum absolute atomic E-state index is 0.0846. The lowest BCUT2D eigenvalue weighted by Crippen LogP contribution is -2.41. The third kappa shape index (κ3) is 4.23. The van der Waals surface area contributed by atoms with Gasteiger partial charge in [0, 0.05) is 6.04 Å². The van der Waals surface area contributed by atoms with Crippen LogP contribution in [0.15, 0.2) is 23.1 Å². The van der Waals surface area contributed by atoms with Gasteiger partial charge in [-0.2, -0.15) is 0 Å². The summed E-state index contributed by atoms with van der Waals surface area (Å²) in [6.07, 6.45) is 2.11. The fourth-order valence-electron chi connectivity index (χ4n) is 3.51. The predicted molar refractivity (Wildman–Crippen MR) is 107 cm³/mol. The smallest absolute Gasteiger partial charge is 0.494 e. The zero-order valence-corrected chi connectivity index (χ0v) is 18.0. The molecule has 1 saturated heterocycles. The highest BCUT2D eigenvalue weighted by atomic mass is 32.2. The first-order valence-electron chi connectivity index (χ1n) is 9.69. The van der Waals surface area contributed by atoms with E-state index >= 15 is 0 Å². The van der Waals surface area contributed by atoms with Crippen LogP contribution in [0.5, 0.6) is 5.75 Å². The highest BCUT2D eigenvalue weighted by Crippen LogP contribution is 2.37. The van der Waals surface area contributed by atoms with Crippen LogP contribution in [0, 0.1) is 0 Å². The Morgan fingerprint density at radius 2 is 1.68 bits per heavy atom. The Bertz CT molecular complexity index is 802. The van der Waals surface area contributed by atoms with E-state index in [9.17, 15) is 13.5 Å². The molecular weight excluding hydrogens is 381 g/mol. The Hall–Kier alpha value is -1.13. The number of rotatable bonds is 5. The van der Waals surface area contributed by atoms with Gasteiger partial charge in [-0.25, -0.2) is 13.1 Å². The van der Waals surface area contributed by atoms with E-state index in [1.54, 1.807) is 12.1 Å². The molecule has 2 aliphatic rings. The molecule has 2 fully saturated rings. The van der Waals surface area contributed by atoms with Crippen LogP contribution < -0.4 is 14.9 Å². The molecule has 1 aliphatic carbocycles. The molecule has 3 rings (SSSR count). The van der Waals surface area contributed by atoms with Crippen LogP contribution in [0.1, 0.15) is 53.4 Å². The average molecular weight is 411 g/mol. The van der Waals surface area contributed by atoms with Gasteiger partial charge in [-0.1, -0.05) is 6.07 Å². The van der Waals surface area contributed by atoms with E-state index < -0.39 is 28.3 Å². The molecule has 156 valence electrons. The van der Waals surface area contributed by atoms with Gasteiger partial charge in [-0.05, 0) is 71.0 Å². The van der Waals surface area contributed by atoms with Crippen molar-refractivity contribution in [1.29, 1.82) is 0 Å². The Balaban J connectivity index is 1.82. The number of methoxy groups -OCH3 is 1. The van der Waals surface area contributed by atoms with Crippen molar-refractivity contribution in [2.24, 2.45) is 0 Å². The van der Waals surface area contributed by atoms with E-state index in [0.717, 1.165) is 0 Å². The molecule has 7 nitrogen and oxygen atoms in total. The lowest BCUT2D eigenvalue weighted by Gasteiger charge is -2.32. The highest BCUT2D eigenvalue weighted by molar-refractivity contribution is 7.89. The Labute approximate surface area is 168 Å². The normalized spacial score (nSPS) is 27.0. The minimum atomic E-state index is -3.74. The third-order valence-corrected chi connectivity index (χ3v) is 7.58. The molecule has 1 heterocycles. The summed E-state index contributed by atoms with van der Waals surface area (Å²) in [7, 11) is -2.89. The standard InChI is InChI=1S/C19H30BNO6S/c1-18(2)19(3,4)27-20(26-18)13-6-11-17(16(12-13)25-5)28(23,24)21-14-7-9-15(22)10-8-14/h6,11-12,14-15,21-22H,7-10H2,1-5H3/t14-,15-. The fraction of sp³-hybridized carbons (Fsp3) is 0.684. The SMILES string of the molecule is COc1cc(B2OC(C)(C)C(C)(C)O2)ccc1S(=O)(=O)N[C@H]1CC[C@H](O)CC1. The van der Waals surface area contributed by atoms with Gasteiger partial charge < -0.3 is 19.2 Å². The lowest BCUT2D eigenvalue weighted by atomic mass is 9.79. The molecule has 0 unspecified atom stereocenters. The summed E-state index contributed by atoms with van der Waals surface area (Å²) in [6, 6.07) is 4.70. The van der Waals surface area contributed by atoms with E-state index in [0.29, 0.717) is 31.1 Å². The molecule has 1 aliphatic heterocycles. The van der Waals surface area contributed by atoms with Gasteiger partial charge in [-0.3, -0.25) is 0 Å². The second kappa shape index (κ2) is 7.61. The number of benzene rings is 1. The number of sulfonamides is 1. The van der Waals surface area contributed by atoms with Crippen LogP contribution in [-0.4, -0.2) is 51.1 Å². The van der Waals surface area contributed by atoms with Gasteiger partial charge in [0.2, 0.25) is 10.0 Å². The van der Waals surface area contributed by atoms with Gasteiger partial charge in [0.05, 0.1) is 24.4 Å². The molecular formula is C19H30BNO6S. The van der Waals surface area contributed by atoms with Crippen LogP contribution in [0.3, 0.4) is 0 Å². The molecule has 1 aromatic carbocycles. The molecule has 0 aromatic heterocycles. The van der Waals surface area contributed by atoms with Crippen LogP contribution in [0.2, 0.25) is 0 Å². The van der Waals surface area contributed by atoms with Crippen LogP contribution >= 0.6 is 0 Å². The first-order chi connectivity index (χ1) is 12.9. The van der Waals surface area contributed by atoms with Crippen molar-refractivity contribution in [3.63, 3.8) is 0 Å². The fourth-order valence-corrected chi connectivity index (χ4v) is 4.96. The molecule has 1 saturated carbocycles. The van der Waals surface area contributed by atoms with Crippen molar-refractivity contribution in [1.82, 2.24) is 4.72 Å². The maximum atomic E-state index is 12.9. The summed E-state index contributed by atoms with van der Waals surface area (Å²) in [5.41, 5.74) is -0.263. The molecule has 2 N–H and O–H groups in total. The number of nitrogens with one attached hydrogen (secondary N) is 1. The van der Waals surface area contributed by atoms with Crippen molar-refractivity contribution in [2.75, 3.05) is 7.11 Å². The first kappa shape index (κ1) is 21.6. The van der Waals surface area contributed by atoms with Crippen LogP contribution in [0.4, 0.5) is 0 Å². The maximum absolute atomic E-state index is 12.9. The molecule has 0 radical (unpaired) electrons. The monoisotopic (exact) mass is 411 g/mol. The summed E-state index contributed by atoms with van der Waals surface area (Å²) < 4.78 is 46.0. The third-order valence-electron chi connectivity index (χ3n) is 6.02. The highest BCUT2D eigenvalue weighted by Gasteiger charge is 2.51. The molecule has 0 bridgehead atoms. The van der Waals surface area contributed by atoms with Gasteiger partial charge in [-0.15, -0.1) is 0 Å². The van der Waals surface area contributed by atoms with Crippen molar-refractivity contribution >= 4 is 22.6 Å². The second-order valence-electron chi connectivity index (χ2n) is 8.63. The largest absolute Gasteiger partial charge is 0.495 e. The molecule has 0 amide bonds. The van der Waals surface area contributed by atoms with E-state index in [4.69, 9.17) is 14.0 Å². The Kier molecular flexibility index (Phi) is 5.86. The molecule has 0 spiro atoms. The summed E-state index contributed by atoms with van der Waals surface area (Å²) in [4.78, 5) is 0.0846. The van der Waals surface area contributed by atoms with E-state index in [1.165, 1.54) is 13.2 Å². The summed E-state index contributed by atoms with van der Waals surface area (Å²) in [5.74, 6) is 0.246. The number of aliphatic hydroxyl groups excluding tert-OH is 1. The number of aliphatic hydroxyl groups is 1. The summed E-state index contributed by atoms with van der Waals surface area (Å²) in [6.45, 7) is 7.87. The van der Waals surface area contributed by atoms with E-state index in [2.05, 4.69) is 4.72 Å². The van der Waals surface area contributed by atoms with Crippen LogP contribution in [-0.2, 0) is 19.3 Å². The quantitative estimate of drug-likeness (QED) is 0.715. The molecule has 1 aromatic rings. The average Bonchev–Trinajstić information content (AvgIpc) is 2.84. The molecule has 9 heteroatoms. The zero-order chi connectivity index (χ0) is 20.7. The van der Waals surface area contributed by atoms with Gasteiger partial charge >= 0.3 is 7.12 Å². The number of hydrogen-bond donors (Lipinski definition) is 2. The van der Waals surface area contributed by atoms with Crippen molar-refractivity contribution < 1.29 is 27.6 Å². The lowest BCUT2D eigenvalue weighted by molar-refractivity contribution is 0.00578. The van der Waals surface area contributed by atoms with E-state index in [-0.39, 0.29) is 22.8 Å². The molecule has 0 atom stereocenters. The number of hydrogen-bond acceptors (Lipinski definition) is 6. The summed E-state index contributed by atoms with van der Waals surface area (Å²) in [5, 5.41) is 9.61. The van der Waals surface area contributed by atoms with Crippen molar-refractivity contribution in [2.45, 2.75) is 81.6 Å². The van der Waals surface area contributed by atoms with Gasteiger partial charge in [0.15, 0.2) is 0 Å². The minimum Gasteiger partial charge on any atom is -0.495 e. The zero-order valence-electron chi connectivity index (χ0n) is 17.2. The summed E-state index contributed by atoms with van der Waals surface area (Å²) >= 11 is 0. The predicted octanol–water partition coefficient (Wildman–Crippen LogP) is 1.58. The topological polar surface area (TPSA) is 94.1 Å². The van der Waals surface area contributed by atoms with Gasteiger partial charge in [0.1, 0.15) is 10.6 Å². The Morgan fingerprint density at radius 3 is 2.21 bits per heavy atom. The second-order valence-corrected chi connectivity index (χ2v) is 10.3. The maximum Gasteiger partial charge on any atom is 0.494 e. The first-order valence-corrected chi connectivity index (χ1v) is 11.2. The van der Waals surface area contributed by atoms with Crippen molar-refractivity contribution in [3.8, 4) is 5.75 Å². The van der Waals surface area contributed by atoms with Gasteiger partial charge in [0.25, 0.3) is 0 Å². The number of ether oxygens (including phenoxy) is 1. The molecule has 28 heavy (non-hydrogen) atoms. The Morgan fingerprint density at radius 1 is 1.11 bits per heavy atom. The van der Waals surface area contributed by atoms with E-state index in [1.807, 2.05) is 27.7 Å².